The summed E-state index contributed by atoms with van der Waals surface area (Å²) in [6, 6.07) is 5.80. The summed E-state index contributed by atoms with van der Waals surface area (Å²) in [5.41, 5.74) is 2.92. The van der Waals surface area contributed by atoms with Gasteiger partial charge in [0.1, 0.15) is 0 Å². The Morgan fingerprint density at radius 3 is 2.95 bits per heavy atom. The number of hydrogen-bond donors (Lipinski definition) is 2. The van der Waals surface area contributed by atoms with Crippen LogP contribution >= 0.6 is 0 Å². The molecular formula is C16H24N2O2. The molecule has 0 radical (unpaired) electrons. The van der Waals surface area contributed by atoms with E-state index in [0.29, 0.717) is 12.5 Å². The van der Waals surface area contributed by atoms with Gasteiger partial charge in [-0.3, -0.25) is 4.79 Å². The molecule has 1 atom stereocenters. The topological polar surface area (TPSA) is 50.4 Å². The Morgan fingerprint density at radius 2 is 2.30 bits per heavy atom. The van der Waals surface area contributed by atoms with E-state index in [1.54, 1.807) is 0 Å². The minimum Gasteiger partial charge on any atom is -0.384 e. The van der Waals surface area contributed by atoms with Crippen molar-refractivity contribution in [2.45, 2.75) is 26.7 Å². The molecule has 1 amide bonds. The average molecular weight is 276 g/mol. The Labute approximate surface area is 120 Å². The minimum absolute atomic E-state index is 0.0113. The van der Waals surface area contributed by atoms with Gasteiger partial charge in [-0.25, -0.2) is 0 Å². The van der Waals surface area contributed by atoms with Crippen LogP contribution in [0, 0.1) is 12.8 Å². The van der Waals surface area contributed by atoms with Crippen LogP contribution in [-0.2, 0) is 4.74 Å². The molecule has 0 aromatic heterocycles. The molecule has 20 heavy (non-hydrogen) atoms. The Bertz CT molecular complexity index is 454. The Hall–Kier alpha value is -1.55. The van der Waals surface area contributed by atoms with Gasteiger partial charge in [0.15, 0.2) is 0 Å². The Kier molecular flexibility index (Phi) is 5.41. The van der Waals surface area contributed by atoms with Crippen LogP contribution in [0.5, 0.6) is 0 Å². The first-order valence-corrected chi connectivity index (χ1v) is 7.41. The van der Waals surface area contributed by atoms with Gasteiger partial charge in [0.05, 0.1) is 6.61 Å². The van der Waals surface area contributed by atoms with Gasteiger partial charge in [-0.1, -0.05) is 0 Å². The van der Waals surface area contributed by atoms with Crippen molar-refractivity contribution in [2.24, 2.45) is 5.92 Å². The molecule has 1 fully saturated rings. The predicted octanol–water partition coefficient (Wildman–Crippen LogP) is 2.58. The van der Waals surface area contributed by atoms with Crippen molar-refractivity contribution in [3.63, 3.8) is 0 Å². The monoisotopic (exact) mass is 276 g/mol. The maximum Gasteiger partial charge on any atom is 0.251 e. The van der Waals surface area contributed by atoms with Crippen molar-refractivity contribution in [3.05, 3.63) is 29.3 Å². The van der Waals surface area contributed by atoms with Crippen molar-refractivity contribution in [3.8, 4) is 0 Å². The lowest BCUT2D eigenvalue weighted by Crippen LogP contribution is -2.25. The normalized spacial score (nSPS) is 18.6. The summed E-state index contributed by atoms with van der Waals surface area (Å²) in [6.45, 7) is 7.29. The van der Waals surface area contributed by atoms with Crippen LogP contribution < -0.4 is 10.6 Å². The highest BCUT2D eigenvalue weighted by Crippen LogP contribution is 2.19. The number of aryl methyl sites for hydroxylation is 1. The smallest absolute Gasteiger partial charge is 0.251 e. The summed E-state index contributed by atoms with van der Waals surface area (Å²) < 4.78 is 5.49. The van der Waals surface area contributed by atoms with Crippen molar-refractivity contribution in [1.82, 2.24) is 5.32 Å². The van der Waals surface area contributed by atoms with E-state index in [4.69, 9.17) is 4.74 Å². The van der Waals surface area contributed by atoms with Crippen LogP contribution in [0.3, 0.4) is 0 Å². The Morgan fingerprint density at radius 1 is 1.45 bits per heavy atom. The predicted molar refractivity (Wildman–Crippen MR) is 81.2 cm³/mol. The zero-order valence-corrected chi connectivity index (χ0v) is 12.4. The summed E-state index contributed by atoms with van der Waals surface area (Å²) in [5, 5.41) is 6.29. The molecule has 0 bridgehead atoms. The maximum atomic E-state index is 11.8. The summed E-state index contributed by atoms with van der Waals surface area (Å²) in [4.78, 5) is 11.8. The second-order valence-electron chi connectivity index (χ2n) is 5.35. The molecule has 1 saturated heterocycles. The molecule has 1 aliphatic rings. The van der Waals surface area contributed by atoms with Gasteiger partial charge in [0, 0.05) is 30.9 Å². The number of carbonyl (C=O) groups is 1. The standard InChI is InChI=1S/C16H24N2O2/c1-3-17-16(19)14-6-7-15(12(2)9-14)18-10-13-5-4-8-20-11-13/h6-7,9,13,18H,3-5,8,10-11H2,1-2H3,(H,17,19). The summed E-state index contributed by atoms with van der Waals surface area (Å²) in [7, 11) is 0. The van der Waals surface area contributed by atoms with E-state index < -0.39 is 0 Å². The number of rotatable bonds is 5. The first-order chi connectivity index (χ1) is 9.70. The zero-order chi connectivity index (χ0) is 14.4. The van der Waals surface area contributed by atoms with Gasteiger partial charge in [0.2, 0.25) is 0 Å². The third-order valence-corrected chi connectivity index (χ3v) is 3.66. The lowest BCUT2D eigenvalue weighted by atomic mass is 10.0. The van der Waals surface area contributed by atoms with Crippen LogP contribution in [0.25, 0.3) is 0 Å². The van der Waals surface area contributed by atoms with E-state index in [9.17, 15) is 4.79 Å². The number of ether oxygens (including phenoxy) is 1. The van der Waals surface area contributed by atoms with Gasteiger partial charge < -0.3 is 15.4 Å². The second-order valence-corrected chi connectivity index (χ2v) is 5.35. The van der Waals surface area contributed by atoms with Crippen molar-refractivity contribution in [2.75, 3.05) is 31.6 Å². The largest absolute Gasteiger partial charge is 0.384 e. The third kappa shape index (κ3) is 3.97. The van der Waals surface area contributed by atoms with E-state index in [1.807, 2.05) is 32.0 Å². The van der Waals surface area contributed by atoms with E-state index in [0.717, 1.165) is 43.0 Å². The first-order valence-electron chi connectivity index (χ1n) is 7.41. The molecule has 110 valence electrons. The molecule has 1 unspecified atom stereocenters. The van der Waals surface area contributed by atoms with Crippen LogP contribution in [-0.4, -0.2) is 32.2 Å². The van der Waals surface area contributed by atoms with E-state index >= 15 is 0 Å². The highest BCUT2D eigenvalue weighted by Gasteiger charge is 2.14. The fraction of sp³-hybridized carbons (Fsp3) is 0.562. The zero-order valence-electron chi connectivity index (χ0n) is 12.4. The van der Waals surface area contributed by atoms with Gasteiger partial charge in [-0.15, -0.1) is 0 Å². The molecule has 0 spiro atoms. The third-order valence-electron chi connectivity index (χ3n) is 3.66. The molecule has 4 heteroatoms. The summed E-state index contributed by atoms with van der Waals surface area (Å²) in [6.07, 6.45) is 2.38. The highest BCUT2D eigenvalue weighted by atomic mass is 16.5. The fourth-order valence-corrected chi connectivity index (χ4v) is 2.49. The molecule has 1 aromatic carbocycles. The SMILES string of the molecule is CCNC(=O)c1ccc(NCC2CCCOC2)c(C)c1. The first kappa shape index (κ1) is 14.9. The highest BCUT2D eigenvalue weighted by molar-refractivity contribution is 5.94. The van der Waals surface area contributed by atoms with Crippen molar-refractivity contribution in [1.29, 1.82) is 0 Å². The fourth-order valence-electron chi connectivity index (χ4n) is 2.49. The lowest BCUT2D eigenvalue weighted by Gasteiger charge is -2.23. The maximum absolute atomic E-state index is 11.8. The van der Waals surface area contributed by atoms with E-state index in [1.165, 1.54) is 6.42 Å². The lowest BCUT2D eigenvalue weighted by molar-refractivity contribution is 0.0595. The van der Waals surface area contributed by atoms with Crippen LogP contribution in [0.2, 0.25) is 0 Å². The molecule has 0 aliphatic carbocycles. The molecule has 0 saturated carbocycles. The molecular weight excluding hydrogens is 252 g/mol. The van der Waals surface area contributed by atoms with E-state index in [2.05, 4.69) is 10.6 Å². The molecule has 1 aliphatic heterocycles. The van der Waals surface area contributed by atoms with Gasteiger partial charge in [-0.05, 0) is 56.4 Å². The average Bonchev–Trinajstić information content (AvgIpc) is 2.47. The number of carbonyl (C=O) groups excluding carboxylic acids is 1. The van der Waals surface area contributed by atoms with Gasteiger partial charge in [-0.2, -0.15) is 0 Å². The van der Waals surface area contributed by atoms with Crippen molar-refractivity contribution < 1.29 is 9.53 Å². The van der Waals surface area contributed by atoms with Gasteiger partial charge >= 0.3 is 0 Å². The molecule has 4 nitrogen and oxygen atoms in total. The molecule has 1 heterocycles. The number of amides is 1. The number of benzene rings is 1. The molecule has 2 rings (SSSR count). The van der Waals surface area contributed by atoms with E-state index in [-0.39, 0.29) is 5.91 Å². The summed E-state index contributed by atoms with van der Waals surface area (Å²) in [5.74, 6) is 0.578. The minimum atomic E-state index is -0.0113. The number of nitrogens with one attached hydrogen (secondary N) is 2. The van der Waals surface area contributed by atoms with Gasteiger partial charge in [0.25, 0.3) is 5.91 Å². The quantitative estimate of drug-likeness (QED) is 0.869. The van der Waals surface area contributed by atoms with Crippen molar-refractivity contribution >= 4 is 11.6 Å². The van der Waals surface area contributed by atoms with Crippen LogP contribution in [0.1, 0.15) is 35.7 Å². The van der Waals surface area contributed by atoms with Crippen LogP contribution in [0.15, 0.2) is 18.2 Å². The second kappa shape index (κ2) is 7.29. The molecule has 1 aromatic rings. The molecule has 2 N–H and O–H groups in total. The Balaban J connectivity index is 1.93. The number of anilines is 1. The van der Waals surface area contributed by atoms with Crippen LogP contribution in [0.4, 0.5) is 5.69 Å². The summed E-state index contributed by atoms with van der Waals surface area (Å²) >= 11 is 0. The number of hydrogen-bond acceptors (Lipinski definition) is 3.